The van der Waals surface area contributed by atoms with Crippen molar-refractivity contribution in [2.24, 2.45) is 22.1 Å². The molecule has 3 aromatic rings. The molecule has 0 unspecified atom stereocenters. The molecule has 4 aliphatic rings. The fourth-order valence-electron chi connectivity index (χ4n) is 9.17. The number of aryl methyl sites for hydroxylation is 1. The van der Waals surface area contributed by atoms with Crippen LogP contribution in [0.15, 0.2) is 65.7 Å². The smallest absolute Gasteiger partial charge is 0.286 e. The van der Waals surface area contributed by atoms with Gasteiger partial charge in [-0.3, -0.25) is 19.1 Å². The minimum absolute atomic E-state index is 0.0327. The van der Waals surface area contributed by atoms with E-state index in [4.69, 9.17) is 21.1 Å². The van der Waals surface area contributed by atoms with E-state index in [-0.39, 0.29) is 34.7 Å². The molecule has 2 aromatic carbocycles. The fourth-order valence-corrected chi connectivity index (χ4v) is 11.3. The molecule has 1 saturated carbocycles. The van der Waals surface area contributed by atoms with Crippen LogP contribution in [0, 0.1) is 17.8 Å². The van der Waals surface area contributed by atoms with E-state index in [1.165, 1.54) is 18.1 Å². The lowest BCUT2D eigenvalue weighted by atomic mass is 9.68. The summed E-state index contributed by atoms with van der Waals surface area (Å²) < 4.78 is 36.0. The molecule has 3 heterocycles. The summed E-state index contributed by atoms with van der Waals surface area (Å²) >= 11 is 6.47. The van der Waals surface area contributed by atoms with Crippen LogP contribution in [-0.4, -0.2) is 76.6 Å². The fraction of sp³-hybridized carbons (Fsp3) is 0.512. The zero-order chi connectivity index (χ0) is 39.8. The van der Waals surface area contributed by atoms with Gasteiger partial charge in [0.15, 0.2) is 0 Å². The SMILES string of the molecule is C=CC[C@H](C)C[S@](=O)(=NC(=O)c1ccc2c(c1)N(C[C@@H]1CC[C@H]1[C@H](C)OC)C[C@@]1(CCCc3cc(Cl)ccc31)CO2)NC(=O)c1cc2n(c1)CCN(C(C)=O)C2. The van der Waals surface area contributed by atoms with E-state index < -0.39 is 21.7 Å². The predicted molar refractivity (Wildman–Crippen MR) is 220 cm³/mol. The lowest BCUT2D eigenvalue weighted by Crippen LogP contribution is -2.49. The number of fused-ring (bicyclic) bond motifs is 4. The summed E-state index contributed by atoms with van der Waals surface area (Å²) in [5, 5.41) is 0.730. The van der Waals surface area contributed by atoms with Gasteiger partial charge in [0.05, 0.1) is 36.3 Å². The van der Waals surface area contributed by atoms with Crippen molar-refractivity contribution in [3.8, 4) is 5.75 Å². The number of amides is 3. The van der Waals surface area contributed by atoms with Crippen molar-refractivity contribution >= 4 is 44.9 Å². The third-order valence-corrected chi connectivity index (χ3v) is 14.6. The van der Waals surface area contributed by atoms with Gasteiger partial charge in [-0.25, -0.2) is 4.21 Å². The number of ether oxygens (including phenoxy) is 2. The molecule has 3 amide bonds. The van der Waals surface area contributed by atoms with Crippen LogP contribution in [0.25, 0.3) is 0 Å². The molecule has 0 saturated heterocycles. The maximum absolute atomic E-state index is 14.6. The number of carbonyl (C=O) groups is 3. The summed E-state index contributed by atoms with van der Waals surface area (Å²) in [6, 6.07) is 13.2. The molecule has 11 nitrogen and oxygen atoms in total. The van der Waals surface area contributed by atoms with E-state index in [0.717, 1.165) is 55.1 Å². The van der Waals surface area contributed by atoms with Crippen molar-refractivity contribution in [2.45, 2.75) is 83.9 Å². The molecule has 7 rings (SSSR count). The Balaban J connectivity index is 1.21. The number of benzene rings is 2. The summed E-state index contributed by atoms with van der Waals surface area (Å²) in [5.41, 5.74) is 4.41. The van der Waals surface area contributed by atoms with Crippen molar-refractivity contribution in [1.82, 2.24) is 14.2 Å². The number of allylic oxidation sites excluding steroid dienone is 1. The van der Waals surface area contributed by atoms with Gasteiger partial charge >= 0.3 is 0 Å². The maximum Gasteiger partial charge on any atom is 0.286 e. The summed E-state index contributed by atoms with van der Waals surface area (Å²) in [4.78, 5) is 44.0. The van der Waals surface area contributed by atoms with Gasteiger partial charge in [-0.1, -0.05) is 30.7 Å². The standard InChI is InChI=1S/C43H54ClN5O6S/c1-6-8-28(2)25-56(53,46-42(52)34-20-36-24-47(30(4)50)17-18-48(36)23-34)45-41(51)32-11-15-40-39(21-32)49(22-33-10-13-37(33)29(3)54-5)26-43(27-55-40)16-7-9-31-19-35(44)12-14-38(31)43/h6,11-12,14-15,19-21,23,28-29,33,37H,1,7-10,13,16-18,22,24-27H2,2-5H3,(H,45,46,51,52,53)/t28-,29-,33-,37-,43-,56-/m0/s1. The van der Waals surface area contributed by atoms with E-state index in [0.29, 0.717) is 62.4 Å². The normalized spacial score (nSPS) is 23.5. The number of halogens is 1. The molecular weight excluding hydrogens is 750 g/mol. The minimum Gasteiger partial charge on any atom is -0.490 e. The molecule has 1 aromatic heterocycles. The molecule has 1 spiro atoms. The highest BCUT2D eigenvalue weighted by molar-refractivity contribution is 7.92. The third kappa shape index (κ3) is 8.29. The van der Waals surface area contributed by atoms with Crippen LogP contribution >= 0.6 is 11.6 Å². The number of aromatic nitrogens is 1. The molecule has 13 heteroatoms. The Morgan fingerprint density at radius 2 is 1.96 bits per heavy atom. The molecule has 1 fully saturated rings. The molecule has 300 valence electrons. The van der Waals surface area contributed by atoms with E-state index in [1.807, 2.05) is 29.7 Å². The second-order valence-corrected chi connectivity index (χ2v) is 18.8. The van der Waals surface area contributed by atoms with Crippen LogP contribution in [0.2, 0.25) is 5.02 Å². The molecule has 1 N–H and O–H groups in total. The van der Waals surface area contributed by atoms with Gasteiger partial charge < -0.3 is 23.8 Å². The summed E-state index contributed by atoms with van der Waals surface area (Å²) in [7, 11) is -1.81. The lowest BCUT2D eigenvalue weighted by molar-refractivity contribution is -0.130. The molecule has 6 atom stereocenters. The Morgan fingerprint density at radius 1 is 1.14 bits per heavy atom. The van der Waals surface area contributed by atoms with Crippen molar-refractivity contribution in [3.63, 3.8) is 0 Å². The van der Waals surface area contributed by atoms with Crippen LogP contribution < -0.4 is 14.4 Å². The van der Waals surface area contributed by atoms with Gasteiger partial charge in [0, 0.05) is 68.1 Å². The largest absolute Gasteiger partial charge is 0.490 e. The number of nitrogens with zero attached hydrogens (tertiary/aromatic N) is 4. The second-order valence-electron chi connectivity index (χ2n) is 16.3. The topological polar surface area (TPSA) is 123 Å². The minimum atomic E-state index is -3.58. The molecule has 0 radical (unpaired) electrons. The van der Waals surface area contributed by atoms with E-state index in [9.17, 15) is 18.6 Å². The summed E-state index contributed by atoms with van der Waals surface area (Å²) in [5.74, 6) is -0.00188. The molecule has 2 aliphatic carbocycles. The Morgan fingerprint density at radius 3 is 2.70 bits per heavy atom. The number of carbonyl (C=O) groups excluding carboxylic acids is 3. The second kappa shape index (κ2) is 16.4. The van der Waals surface area contributed by atoms with Gasteiger partial charge in [-0.2, -0.15) is 0 Å². The van der Waals surface area contributed by atoms with E-state index >= 15 is 0 Å². The lowest BCUT2D eigenvalue weighted by Gasteiger charge is -2.45. The van der Waals surface area contributed by atoms with Crippen molar-refractivity contribution in [3.05, 3.63) is 94.3 Å². The van der Waals surface area contributed by atoms with Gasteiger partial charge in [0.1, 0.15) is 15.7 Å². The first-order valence-corrected chi connectivity index (χ1v) is 21.9. The molecular formula is C43H54ClN5O6S. The third-order valence-electron chi connectivity index (χ3n) is 12.4. The first-order chi connectivity index (χ1) is 26.8. The summed E-state index contributed by atoms with van der Waals surface area (Å²) in [6.45, 7) is 12.8. The van der Waals surface area contributed by atoms with Crippen molar-refractivity contribution in [1.29, 1.82) is 0 Å². The summed E-state index contributed by atoms with van der Waals surface area (Å²) in [6.07, 6.45) is 9.22. The van der Waals surface area contributed by atoms with Crippen molar-refractivity contribution < 1.29 is 28.1 Å². The van der Waals surface area contributed by atoms with Gasteiger partial charge in [0.25, 0.3) is 11.8 Å². The van der Waals surface area contributed by atoms with Crippen LogP contribution in [0.5, 0.6) is 5.75 Å². The molecule has 0 bridgehead atoms. The van der Waals surface area contributed by atoms with Gasteiger partial charge in [-0.15, -0.1) is 10.9 Å². The zero-order valence-electron chi connectivity index (χ0n) is 32.9. The van der Waals surface area contributed by atoms with Crippen LogP contribution in [0.1, 0.15) is 90.4 Å². The highest BCUT2D eigenvalue weighted by Gasteiger charge is 2.44. The van der Waals surface area contributed by atoms with Crippen molar-refractivity contribution in [2.75, 3.05) is 44.0 Å². The number of nitrogens with one attached hydrogen (secondary N) is 1. The Hall–Kier alpha value is -4.13. The average Bonchev–Trinajstić information content (AvgIpc) is 3.52. The van der Waals surface area contributed by atoms with Crippen LogP contribution in [-0.2, 0) is 44.4 Å². The zero-order valence-corrected chi connectivity index (χ0v) is 34.5. The number of hydrogen-bond donors (Lipinski definition) is 1. The molecule has 56 heavy (non-hydrogen) atoms. The van der Waals surface area contributed by atoms with Gasteiger partial charge in [0.2, 0.25) is 5.91 Å². The number of rotatable bonds is 11. The van der Waals surface area contributed by atoms with Crippen LogP contribution in [0.4, 0.5) is 5.69 Å². The highest BCUT2D eigenvalue weighted by Crippen LogP contribution is 2.47. The number of anilines is 1. The average molecular weight is 804 g/mol. The van der Waals surface area contributed by atoms with E-state index in [1.54, 1.807) is 36.4 Å². The Bertz CT molecular complexity index is 2140. The first-order valence-electron chi connectivity index (χ1n) is 19.8. The number of methoxy groups -OCH3 is 1. The Labute approximate surface area is 336 Å². The van der Waals surface area contributed by atoms with Gasteiger partial charge in [-0.05, 0) is 111 Å². The highest BCUT2D eigenvalue weighted by atomic mass is 35.5. The predicted octanol–water partition coefficient (Wildman–Crippen LogP) is 7.20. The monoisotopic (exact) mass is 803 g/mol. The first kappa shape index (κ1) is 40.1. The van der Waals surface area contributed by atoms with Crippen LogP contribution in [0.3, 0.4) is 0 Å². The maximum atomic E-state index is 14.6. The quantitative estimate of drug-likeness (QED) is 0.204. The molecule has 2 aliphatic heterocycles. The number of hydrogen-bond acceptors (Lipinski definition) is 7. The Kier molecular flexibility index (Phi) is 11.7. The van der Waals surface area contributed by atoms with E-state index in [2.05, 4.69) is 39.6 Å².